The molecule has 0 spiro atoms. The average Bonchev–Trinajstić information content (AvgIpc) is 2.06. The molecule has 0 aliphatic heterocycles. The van der Waals surface area contributed by atoms with E-state index in [9.17, 15) is 4.79 Å². The van der Waals surface area contributed by atoms with Crippen molar-refractivity contribution in [2.24, 2.45) is 0 Å². The number of hydrogen-bond acceptors (Lipinski definition) is 4. The van der Waals surface area contributed by atoms with Crippen molar-refractivity contribution in [1.82, 2.24) is 4.98 Å². The second-order valence-corrected chi connectivity index (χ2v) is 4.41. The van der Waals surface area contributed by atoms with Gasteiger partial charge in [0.05, 0.1) is 11.3 Å². The number of carboxylic acid groups (broad SMARTS) is 1. The number of pyridine rings is 1. The fourth-order valence-electron chi connectivity index (χ4n) is 1.14. The standard InChI is InChI=1S/C10H15N3O2/c1-10(2,3)6-4-5(9(14)15)7(11)8(12)13-6/h4H,11H2,1-3H3,(H2,12,13)(H,14,15). The Morgan fingerprint density at radius 3 is 2.33 bits per heavy atom. The van der Waals surface area contributed by atoms with Crippen molar-refractivity contribution in [2.75, 3.05) is 11.5 Å². The van der Waals surface area contributed by atoms with E-state index < -0.39 is 5.97 Å². The molecule has 0 aliphatic rings. The van der Waals surface area contributed by atoms with Gasteiger partial charge in [-0.1, -0.05) is 20.8 Å². The Labute approximate surface area is 88.1 Å². The SMILES string of the molecule is CC(C)(C)c1cc(C(=O)O)c(N)c(N)n1. The van der Waals surface area contributed by atoms with Crippen molar-refractivity contribution >= 4 is 17.5 Å². The van der Waals surface area contributed by atoms with E-state index in [-0.39, 0.29) is 22.5 Å². The van der Waals surface area contributed by atoms with Crippen molar-refractivity contribution in [3.8, 4) is 0 Å². The summed E-state index contributed by atoms with van der Waals surface area (Å²) in [5.74, 6) is -1.02. The van der Waals surface area contributed by atoms with E-state index >= 15 is 0 Å². The maximum absolute atomic E-state index is 10.9. The molecule has 0 fully saturated rings. The molecule has 0 bridgehead atoms. The number of nitrogens with zero attached hydrogens (tertiary/aromatic N) is 1. The molecule has 1 rings (SSSR count). The van der Waals surface area contributed by atoms with Crippen LogP contribution in [0.4, 0.5) is 11.5 Å². The van der Waals surface area contributed by atoms with Crippen LogP contribution in [-0.2, 0) is 5.41 Å². The van der Waals surface area contributed by atoms with Crippen molar-refractivity contribution in [3.05, 3.63) is 17.3 Å². The minimum atomic E-state index is -1.09. The zero-order chi connectivity index (χ0) is 11.8. The molecule has 5 N–H and O–H groups in total. The van der Waals surface area contributed by atoms with E-state index in [1.807, 2.05) is 20.8 Å². The number of hydrogen-bond donors (Lipinski definition) is 3. The third-order valence-electron chi connectivity index (χ3n) is 2.09. The van der Waals surface area contributed by atoms with Gasteiger partial charge in [0.1, 0.15) is 5.82 Å². The Morgan fingerprint density at radius 2 is 1.93 bits per heavy atom. The first-order chi connectivity index (χ1) is 6.73. The number of carboxylic acids is 1. The van der Waals surface area contributed by atoms with Crippen molar-refractivity contribution in [3.63, 3.8) is 0 Å². The third kappa shape index (κ3) is 2.18. The topological polar surface area (TPSA) is 102 Å². The zero-order valence-electron chi connectivity index (χ0n) is 9.03. The molecule has 1 heterocycles. The summed E-state index contributed by atoms with van der Waals surface area (Å²) >= 11 is 0. The van der Waals surface area contributed by atoms with Gasteiger partial charge in [-0.15, -0.1) is 0 Å². The summed E-state index contributed by atoms with van der Waals surface area (Å²) < 4.78 is 0. The van der Waals surface area contributed by atoms with Gasteiger partial charge < -0.3 is 16.6 Å². The number of aromatic nitrogens is 1. The van der Waals surface area contributed by atoms with Crippen LogP contribution in [0.2, 0.25) is 0 Å². The molecule has 0 radical (unpaired) electrons. The van der Waals surface area contributed by atoms with Gasteiger partial charge in [-0.2, -0.15) is 0 Å². The molecule has 0 amide bonds. The van der Waals surface area contributed by atoms with Crippen LogP contribution < -0.4 is 11.5 Å². The third-order valence-corrected chi connectivity index (χ3v) is 2.09. The van der Waals surface area contributed by atoms with Gasteiger partial charge in [0.15, 0.2) is 0 Å². The van der Waals surface area contributed by atoms with Crippen LogP contribution >= 0.6 is 0 Å². The Hall–Kier alpha value is -1.78. The lowest BCUT2D eigenvalue weighted by atomic mass is 9.90. The number of aromatic carboxylic acids is 1. The van der Waals surface area contributed by atoms with Crippen LogP contribution in [0.1, 0.15) is 36.8 Å². The van der Waals surface area contributed by atoms with Crippen LogP contribution in [0.15, 0.2) is 6.07 Å². The molecular formula is C10H15N3O2. The van der Waals surface area contributed by atoms with E-state index in [0.717, 1.165) is 0 Å². The molecular weight excluding hydrogens is 194 g/mol. The Bertz CT molecular complexity index is 408. The van der Waals surface area contributed by atoms with Gasteiger partial charge in [0.2, 0.25) is 0 Å². The fraction of sp³-hybridized carbons (Fsp3) is 0.400. The van der Waals surface area contributed by atoms with Gasteiger partial charge in [-0.25, -0.2) is 9.78 Å². The van der Waals surface area contributed by atoms with Gasteiger partial charge in [0.25, 0.3) is 0 Å². The Kier molecular flexibility index (Phi) is 2.57. The quantitative estimate of drug-likeness (QED) is 0.645. The largest absolute Gasteiger partial charge is 0.478 e. The summed E-state index contributed by atoms with van der Waals surface area (Å²) in [6.45, 7) is 5.78. The lowest BCUT2D eigenvalue weighted by Crippen LogP contribution is -2.18. The number of carbonyl (C=O) groups is 1. The van der Waals surface area contributed by atoms with Crippen molar-refractivity contribution in [2.45, 2.75) is 26.2 Å². The van der Waals surface area contributed by atoms with E-state index in [2.05, 4.69) is 4.98 Å². The van der Waals surface area contributed by atoms with Crippen LogP contribution in [0, 0.1) is 0 Å². The first-order valence-electron chi connectivity index (χ1n) is 4.53. The first kappa shape index (κ1) is 11.3. The Balaban J connectivity index is 3.43. The van der Waals surface area contributed by atoms with E-state index in [4.69, 9.17) is 16.6 Å². The number of nitrogens with two attached hydrogens (primary N) is 2. The second-order valence-electron chi connectivity index (χ2n) is 4.41. The summed E-state index contributed by atoms with van der Waals surface area (Å²) in [5.41, 5.74) is 11.5. The summed E-state index contributed by atoms with van der Waals surface area (Å²) in [4.78, 5) is 15.0. The fourth-order valence-corrected chi connectivity index (χ4v) is 1.14. The number of anilines is 2. The van der Waals surface area contributed by atoms with Gasteiger partial charge in [0, 0.05) is 11.1 Å². The average molecular weight is 209 g/mol. The van der Waals surface area contributed by atoms with Crippen LogP contribution in [0.3, 0.4) is 0 Å². The monoisotopic (exact) mass is 209 g/mol. The second kappa shape index (κ2) is 3.42. The van der Waals surface area contributed by atoms with Gasteiger partial charge in [-0.05, 0) is 6.07 Å². The normalized spacial score (nSPS) is 11.4. The molecule has 0 atom stereocenters. The molecule has 1 aromatic heterocycles. The highest BCUT2D eigenvalue weighted by Crippen LogP contribution is 2.26. The molecule has 0 aliphatic carbocycles. The number of rotatable bonds is 1. The molecule has 82 valence electrons. The highest BCUT2D eigenvalue weighted by Gasteiger charge is 2.21. The Morgan fingerprint density at radius 1 is 1.40 bits per heavy atom. The van der Waals surface area contributed by atoms with E-state index in [1.54, 1.807) is 0 Å². The van der Waals surface area contributed by atoms with E-state index in [1.165, 1.54) is 6.07 Å². The molecule has 1 aromatic rings. The van der Waals surface area contributed by atoms with E-state index in [0.29, 0.717) is 5.69 Å². The summed E-state index contributed by atoms with van der Waals surface area (Å²) in [6.07, 6.45) is 0. The zero-order valence-corrected chi connectivity index (χ0v) is 9.03. The smallest absolute Gasteiger partial charge is 0.338 e. The molecule has 5 nitrogen and oxygen atoms in total. The van der Waals surface area contributed by atoms with Gasteiger partial charge in [-0.3, -0.25) is 0 Å². The summed E-state index contributed by atoms with van der Waals surface area (Å²) in [5, 5.41) is 8.92. The lowest BCUT2D eigenvalue weighted by molar-refractivity contribution is 0.0698. The summed E-state index contributed by atoms with van der Waals surface area (Å²) in [7, 11) is 0. The minimum absolute atomic E-state index is 0.00688. The molecule has 0 saturated heterocycles. The maximum atomic E-state index is 10.9. The first-order valence-corrected chi connectivity index (χ1v) is 4.53. The van der Waals surface area contributed by atoms with Crippen molar-refractivity contribution in [1.29, 1.82) is 0 Å². The maximum Gasteiger partial charge on any atom is 0.338 e. The van der Waals surface area contributed by atoms with Crippen LogP contribution in [0.5, 0.6) is 0 Å². The van der Waals surface area contributed by atoms with Gasteiger partial charge >= 0.3 is 5.97 Å². The predicted octanol–water partition coefficient (Wildman–Crippen LogP) is 1.24. The molecule has 0 aromatic carbocycles. The van der Waals surface area contributed by atoms with Crippen LogP contribution in [0.25, 0.3) is 0 Å². The molecule has 15 heavy (non-hydrogen) atoms. The molecule has 0 saturated carbocycles. The highest BCUT2D eigenvalue weighted by molar-refractivity contribution is 5.96. The highest BCUT2D eigenvalue weighted by atomic mass is 16.4. The van der Waals surface area contributed by atoms with Crippen LogP contribution in [-0.4, -0.2) is 16.1 Å². The number of nitrogen functional groups attached to an aromatic ring is 2. The molecule has 0 unspecified atom stereocenters. The minimum Gasteiger partial charge on any atom is -0.478 e. The predicted molar refractivity (Wildman–Crippen MR) is 58.7 cm³/mol. The summed E-state index contributed by atoms with van der Waals surface area (Å²) in [6, 6.07) is 1.47. The lowest BCUT2D eigenvalue weighted by Gasteiger charge is -2.19. The molecule has 5 heteroatoms. The van der Waals surface area contributed by atoms with Crippen molar-refractivity contribution < 1.29 is 9.90 Å².